The minimum Gasteiger partial charge on any atom is -0.298 e. The first-order valence-electron chi connectivity index (χ1n) is 3.65. The lowest BCUT2D eigenvalue weighted by Gasteiger charge is -2.01. The van der Waals surface area contributed by atoms with E-state index in [0.29, 0.717) is 6.42 Å². The molecule has 1 rings (SSSR count). The molecule has 0 N–H and O–H groups in total. The second kappa shape index (κ2) is 5.13. The Morgan fingerprint density at radius 1 is 1.31 bits per heavy atom. The van der Waals surface area contributed by atoms with Crippen LogP contribution in [0.25, 0.3) is 0 Å². The van der Waals surface area contributed by atoms with Gasteiger partial charge in [-0.25, -0.2) is 0 Å². The molecular formula is C9H7Br2ClO. The van der Waals surface area contributed by atoms with Gasteiger partial charge in [-0.2, -0.15) is 0 Å². The maximum absolute atomic E-state index is 11.0. The van der Waals surface area contributed by atoms with Crippen molar-refractivity contribution in [1.82, 2.24) is 0 Å². The second-order valence-corrected chi connectivity index (χ2v) is 4.57. The van der Waals surface area contributed by atoms with Crippen LogP contribution in [0.15, 0.2) is 27.1 Å². The fraction of sp³-hybridized carbons (Fsp3) is 0.222. The molecule has 0 unspecified atom stereocenters. The molecule has 70 valence electrons. The minimum atomic E-state index is 0.0379. The number of hydrogen-bond acceptors (Lipinski definition) is 1. The van der Waals surface area contributed by atoms with E-state index < -0.39 is 0 Å². The Hall–Kier alpha value is 0.140. The van der Waals surface area contributed by atoms with E-state index in [1.165, 1.54) is 0 Å². The summed E-state index contributed by atoms with van der Waals surface area (Å²) < 4.78 is 1.93. The van der Waals surface area contributed by atoms with Crippen molar-refractivity contribution < 1.29 is 4.79 Å². The van der Waals surface area contributed by atoms with Gasteiger partial charge in [-0.15, -0.1) is 11.6 Å². The molecule has 1 nitrogen and oxygen atoms in total. The largest absolute Gasteiger partial charge is 0.298 e. The zero-order chi connectivity index (χ0) is 9.84. The highest BCUT2D eigenvalue weighted by Gasteiger charge is 2.03. The van der Waals surface area contributed by atoms with E-state index >= 15 is 0 Å². The average Bonchev–Trinajstić information content (AvgIpc) is 2.11. The summed E-state index contributed by atoms with van der Waals surface area (Å²) in [6.45, 7) is 0. The summed E-state index contributed by atoms with van der Waals surface area (Å²) in [7, 11) is 0. The maximum atomic E-state index is 11.0. The van der Waals surface area contributed by atoms with Crippen molar-refractivity contribution in [2.45, 2.75) is 6.42 Å². The van der Waals surface area contributed by atoms with E-state index in [1.54, 1.807) is 0 Å². The Balaban J connectivity index is 2.79. The number of halogens is 3. The van der Waals surface area contributed by atoms with E-state index in [9.17, 15) is 4.79 Å². The molecule has 0 aliphatic rings. The van der Waals surface area contributed by atoms with Crippen LogP contribution in [0.1, 0.15) is 5.56 Å². The molecule has 1 aromatic carbocycles. The van der Waals surface area contributed by atoms with Crippen molar-refractivity contribution in [1.29, 1.82) is 0 Å². The Morgan fingerprint density at radius 2 is 2.00 bits per heavy atom. The first-order chi connectivity index (χ1) is 6.13. The predicted octanol–water partition coefficient (Wildman–Crippen LogP) is 3.56. The summed E-state index contributed by atoms with van der Waals surface area (Å²) in [5.41, 5.74) is 0.973. The molecule has 1 aromatic rings. The normalized spacial score (nSPS) is 10.1. The summed E-state index contributed by atoms with van der Waals surface area (Å²) in [5, 5.41) is 0. The highest BCUT2D eigenvalue weighted by molar-refractivity contribution is 9.13. The quantitative estimate of drug-likeness (QED) is 0.776. The zero-order valence-electron chi connectivity index (χ0n) is 6.69. The van der Waals surface area contributed by atoms with Gasteiger partial charge in [0, 0.05) is 15.4 Å². The fourth-order valence-electron chi connectivity index (χ4n) is 0.925. The van der Waals surface area contributed by atoms with E-state index in [0.717, 1.165) is 14.5 Å². The standard InChI is InChI=1S/C9H7Br2ClO/c10-8-2-1-6(4-9(8)11)3-7(13)5-12/h1-2,4H,3,5H2. The summed E-state index contributed by atoms with van der Waals surface area (Å²) in [4.78, 5) is 11.0. The van der Waals surface area contributed by atoms with Crippen LogP contribution in [0.3, 0.4) is 0 Å². The van der Waals surface area contributed by atoms with Gasteiger partial charge in [-0.1, -0.05) is 6.07 Å². The first-order valence-corrected chi connectivity index (χ1v) is 5.77. The molecule has 0 saturated carbocycles. The van der Waals surface area contributed by atoms with Crippen molar-refractivity contribution in [3.63, 3.8) is 0 Å². The Labute approximate surface area is 98.7 Å². The molecular weight excluding hydrogens is 319 g/mol. The van der Waals surface area contributed by atoms with Crippen LogP contribution in [0.2, 0.25) is 0 Å². The van der Waals surface area contributed by atoms with Gasteiger partial charge in [-0.05, 0) is 49.6 Å². The summed E-state index contributed by atoms with van der Waals surface area (Å²) >= 11 is 12.1. The molecule has 0 saturated heterocycles. The monoisotopic (exact) mass is 324 g/mol. The predicted molar refractivity (Wildman–Crippen MR) is 61.3 cm³/mol. The molecule has 0 spiro atoms. The number of hydrogen-bond donors (Lipinski definition) is 0. The third-order valence-corrected chi connectivity index (χ3v) is 3.71. The third kappa shape index (κ3) is 3.41. The Kier molecular flexibility index (Phi) is 4.42. The number of carbonyl (C=O) groups excluding carboxylic acids is 1. The SMILES string of the molecule is O=C(CCl)Cc1ccc(Br)c(Br)c1. The summed E-state index contributed by atoms with van der Waals surface area (Å²) in [6.07, 6.45) is 0.398. The molecule has 0 radical (unpaired) electrons. The molecule has 0 aromatic heterocycles. The van der Waals surface area contributed by atoms with Gasteiger partial charge in [0.05, 0.1) is 5.88 Å². The number of carbonyl (C=O) groups is 1. The van der Waals surface area contributed by atoms with Crippen LogP contribution in [0.5, 0.6) is 0 Å². The van der Waals surface area contributed by atoms with Gasteiger partial charge in [0.25, 0.3) is 0 Å². The summed E-state index contributed by atoms with van der Waals surface area (Å²) in [5.74, 6) is 0.115. The molecule has 0 bridgehead atoms. The Bertz CT molecular complexity index is 325. The second-order valence-electron chi connectivity index (χ2n) is 2.60. The molecule has 0 atom stereocenters. The fourth-order valence-corrected chi connectivity index (χ4v) is 1.69. The van der Waals surface area contributed by atoms with Gasteiger partial charge in [-0.3, -0.25) is 4.79 Å². The van der Waals surface area contributed by atoms with Crippen molar-refractivity contribution in [2.75, 3.05) is 5.88 Å². The molecule has 13 heavy (non-hydrogen) atoms. The topological polar surface area (TPSA) is 17.1 Å². The van der Waals surface area contributed by atoms with E-state index in [4.69, 9.17) is 11.6 Å². The van der Waals surface area contributed by atoms with Gasteiger partial charge in [0.1, 0.15) is 0 Å². The molecule has 0 aliphatic heterocycles. The summed E-state index contributed by atoms with van der Waals surface area (Å²) in [6, 6.07) is 5.72. The van der Waals surface area contributed by atoms with Crippen molar-refractivity contribution in [3.05, 3.63) is 32.7 Å². The molecule has 0 heterocycles. The lowest BCUT2D eigenvalue weighted by Crippen LogP contribution is -2.03. The smallest absolute Gasteiger partial charge is 0.151 e. The number of ketones is 1. The van der Waals surface area contributed by atoms with Gasteiger partial charge in [0.2, 0.25) is 0 Å². The van der Waals surface area contributed by atoms with Crippen molar-refractivity contribution >= 4 is 49.2 Å². The Morgan fingerprint density at radius 3 is 2.54 bits per heavy atom. The molecule has 0 fully saturated rings. The van der Waals surface area contributed by atoms with Gasteiger partial charge in [0.15, 0.2) is 5.78 Å². The molecule has 4 heteroatoms. The highest BCUT2D eigenvalue weighted by Crippen LogP contribution is 2.23. The van der Waals surface area contributed by atoms with Crippen LogP contribution in [-0.4, -0.2) is 11.7 Å². The lowest BCUT2D eigenvalue weighted by molar-refractivity contribution is -0.116. The molecule has 0 aliphatic carbocycles. The minimum absolute atomic E-state index is 0.0379. The lowest BCUT2D eigenvalue weighted by atomic mass is 10.1. The molecule has 0 amide bonds. The number of alkyl halides is 1. The number of rotatable bonds is 3. The number of Topliss-reactive ketones (excluding diaryl/α,β-unsaturated/α-hetero) is 1. The average molecular weight is 326 g/mol. The van der Waals surface area contributed by atoms with E-state index in [-0.39, 0.29) is 11.7 Å². The van der Waals surface area contributed by atoms with Crippen LogP contribution < -0.4 is 0 Å². The highest BCUT2D eigenvalue weighted by atomic mass is 79.9. The van der Waals surface area contributed by atoms with Gasteiger partial charge < -0.3 is 0 Å². The number of benzene rings is 1. The van der Waals surface area contributed by atoms with Crippen LogP contribution in [0.4, 0.5) is 0 Å². The van der Waals surface area contributed by atoms with Crippen molar-refractivity contribution in [2.24, 2.45) is 0 Å². The van der Waals surface area contributed by atoms with Gasteiger partial charge >= 0.3 is 0 Å². The first kappa shape index (κ1) is 11.2. The zero-order valence-corrected chi connectivity index (χ0v) is 10.6. The van der Waals surface area contributed by atoms with Crippen LogP contribution >= 0.6 is 43.5 Å². The third-order valence-electron chi connectivity index (χ3n) is 1.53. The van der Waals surface area contributed by atoms with Crippen molar-refractivity contribution in [3.8, 4) is 0 Å². The van der Waals surface area contributed by atoms with Crippen LogP contribution in [-0.2, 0) is 11.2 Å². The van der Waals surface area contributed by atoms with E-state index in [2.05, 4.69) is 31.9 Å². The van der Waals surface area contributed by atoms with Crippen LogP contribution in [0, 0.1) is 0 Å². The van der Waals surface area contributed by atoms with E-state index in [1.807, 2.05) is 18.2 Å². The maximum Gasteiger partial charge on any atom is 0.151 e.